The van der Waals surface area contributed by atoms with Gasteiger partial charge in [-0.15, -0.1) is 12.1 Å². The smallest absolute Gasteiger partial charge is 0.497 e. The van der Waals surface area contributed by atoms with Crippen LogP contribution in [0, 0.1) is 67.5 Å². The fraction of sp³-hybridized carbons (Fsp3) is 0.114. The van der Waals surface area contributed by atoms with Crippen LogP contribution in [0.3, 0.4) is 0 Å². The number of aromatic nitrogens is 4. The van der Waals surface area contributed by atoms with Gasteiger partial charge in [-0.25, -0.2) is 0 Å². The van der Waals surface area contributed by atoms with Crippen LogP contribution in [-0.4, -0.2) is 18.8 Å². The molecule has 76 heavy (non-hydrogen) atoms. The Morgan fingerprint density at radius 2 is 0.658 bits per heavy atom. The van der Waals surface area contributed by atoms with Crippen molar-refractivity contribution >= 4 is 76.7 Å². The topological polar surface area (TPSA) is 43.8 Å². The van der Waals surface area contributed by atoms with Crippen LogP contribution in [0.1, 0.15) is 44.5 Å². The number of hydrogen-bond acceptors (Lipinski definition) is 3. The summed E-state index contributed by atoms with van der Waals surface area (Å²) >= 11 is 0. The van der Waals surface area contributed by atoms with Crippen LogP contribution in [0.2, 0.25) is 0 Å². The minimum atomic E-state index is 0. The van der Waals surface area contributed by atoms with Crippen molar-refractivity contribution < 1.29 is 25.2 Å². The van der Waals surface area contributed by atoms with Crippen LogP contribution in [0.25, 0.3) is 121 Å². The van der Waals surface area contributed by atoms with Crippen molar-refractivity contribution in [3.05, 3.63) is 226 Å². The van der Waals surface area contributed by atoms with Crippen molar-refractivity contribution in [2.24, 2.45) is 0 Å². The predicted molar refractivity (Wildman–Crippen MR) is 313 cm³/mol. The van der Waals surface area contributed by atoms with Crippen molar-refractivity contribution in [2.45, 2.75) is 55.4 Å². The van der Waals surface area contributed by atoms with Gasteiger partial charge in [0.2, 0.25) is 0 Å². The maximum atomic E-state index is 7.03. The maximum absolute atomic E-state index is 7.03. The average molecular weight is 1070 g/mol. The minimum absolute atomic E-state index is 0. The average Bonchev–Trinajstić information content (AvgIpc) is 4.10. The second kappa shape index (κ2) is 17.9. The van der Waals surface area contributed by atoms with E-state index in [2.05, 4.69) is 246 Å². The largest absolute Gasteiger partial charge is 2.00 e. The molecule has 0 radical (unpaired) electrons. The first-order valence-electron chi connectivity index (χ1n) is 25.9. The molecule has 0 aliphatic heterocycles. The van der Waals surface area contributed by atoms with Gasteiger partial charge in [0.15, 0.2) is 0 Å². The summed E-state index contributed by atoms with van der Waals surface area (Å²) in [6.07, 6.45) is 0. The van der Waals surface area contributed by atoms with E-state index in [1.54, 1.807) is 0 Å². The predicted octanol–water partition coefficient (Wildman–Crippen LogP) is 18.4. The monoisotopic (exact) mass is 1070 g/mol. The molecule has 10 aromatic carbocycles. The van der Waals surface area contributed by atoms with E-state index in [-0.39, 0.29) is 20.4 Å². The van der Waals surface area contributed by atoms with Gasteiger partial charge < -0.3 is 13.5 Å². The number of benzene rings is 10. The fourth-order valence-corrected chi connectivity index (χ4v) is 12.8. The van der Waals surface area contributed by atoms with Crippen molar-refractivity contribution in [3.8, 4) is 56.0 Å². The summed E-state index contributed by atoms with van der Waals surface area (Å²) in [4.78, 5) is 10.9. The van der Waals surface area contributed by atoms with E-state index in [4.69, 9.17) is 14.7 Å². The Kier molecular flexibility index (Phi) is 11.1. The number of para-hydroxylation sites is 4. The number of nitrogens with zero attached hydrogens (tertiary/aromatic N) is 4. The first-order chi connectivity index (χ1) is 36.5. The van der Waals surface area contributed by atoms with Gasteiger partial charge in [-0.3, -0.25) is 9.97 Å². The van der Waals surface area contributed by atoms with Gasteiger partial charge in [-0.1, -0.05) is 167 Å². The quantitative estimate of drug-likeness (QED) is 0.0947. The molecule has 14 aromatic rings. The van der Waals surface area contributed by atoms with Crippen LogP contribution in [-0.2, 0) is 20.4 Å². The Balaban J connectivity index is 0.00000553. The van der Waals surface area contributed by atoms with E-state index < -0.39 is 0 Å². The Hall–Kier alpha value is -8.40. The summed E-state index contributed by atoms with van der Waals surface area (Å²) in [6, 6.07) is 68.8. The van der Waals surface area contributed by atoms with Gasteiger partial charge in [0.1, 0.15) is 0 Å². The molecule has 14 rings (SSSR count). The second-order valence-electron chi connectivity index (χ2n) is 20.7. The summed E-state index contributed by atoms with van der Waals surface area (Å²) < 4.78 is 11.8. The molecule has 0 unspecified atom stereocenters. The third-order valence-corrected chi connectivity index (χ3v) is 16.0. The molecule has 0 saturated heterocycles. The molecule has 368 valence electrons. The molecule has 4 aromatic heterocycles. The molecule has 6 heteroatoms. The third-order valence-electron chi connectivity index (χ3n) is 16.0. The van der Waals surface area contributed by atoms with Crippen molar-refractivity contribution in [1.29, 1.82) is 0 Å². The number of hydrogen-bond donors (Lipinski definition) is 0. The Labute approximate surface area is 455 Å². The molecule has 0 amide bonds. The van der Waals surface area contributed by atoms with Crippen LogP contribution in [0.15, 0.2) is 170 Å². The normalized spacial score (nSPS) is 11.8. The number of fused-ring (bicyclic) bond motifs is 16. The zero-order chi connectivity index (χ0) is 51.0. The number of rotatable bonds is 6. The van der Waals surface area contributed by atoms with Crippen molar-refractivity contribution in [1.82, 2.24) is 18.8 Å². The standard InChI is InChI=1S/C70H52N4O.Pd/c1-39-17-13-18-40(2)61(39)51-33-35-53(63-43(5)21-15-22-44(63)6)67-65(51)49-31-29-47(37-55(49)69-71-57-25-9-11-27-59(57)73(67)69)75-48-30-32-50-56(38-48)70-72-58-26-10-12-28-60(58)74(70)68-54(64-45(7)23-16-24-46(64)8)36-34-52(66(50)68)62-41(3)19-14-20-42(62)4;/h9-36H,1-8H3;/q-2;+2. The Morgan fingerprint density at radius 1 is 0.342 bits per heavy atom. The van der Waals surface area contributed by atoms with Gasteiger partial charge in [0, 0.05) is 33.7 Å². The zero-order valence-electron chi connectivity index (χ0n) is 43.7. The van der Waals surface area contributed by atoms with Crippen LogP contribution in [0.4, 0.5) is 0 Å². The van der Waals surface area contributed by atoms with E-state index in [1.165, 1.54) is 89.0 Å². The summed E-state index contributed by atoms with van der Waals surface area (Å²) in [5.41, 5.74) is 27.3. The molecular weight excluding hydrogens is 1020 g/mol. The minimum Gasteiger partial charge on any atom is -0.497 e. The first-order valence-corrected chi connectivity index (χ1v) is 25.9. The number of ether oxygens (including phenoxy) is 1. The van der Waals surface area contributed by atoms with Crippen molar-refractivity contribution in [2.75, 3.05) is 0 Å². The van der Waals surface area contributed by atoms with E-state index >= 15 is 0 Å². The second-order valence-corrected chi connectivity index (χ2v) is 20.7. The Morgan fingerprint density at radius 3 is 1.01 bits per heavy atom. The summed E-state index contributed by atoms with van der Waals surface area (Å²) in [7, 11) is 0. The van der Waals surface area contributed by atoms with Gasteiger partial charge in [0.25, 0.3) is 0 Å². The first kappa shape index (κ1) is 47.3. The third kappa shape index (κ3) is 7.01. The molecule has 0 bridgehead atoms. The van der Waals surface area contributed by atoms with E-state index in [1.807, 2.05) is 0 Å². The van der Waals surface area contributed by atoms with E-state index in [0.717, 1.165) is 76.7 Å². The van der Waals surface area contributed by atoms with Crippen LogP contribution in [0.5, 0.6) is 11.5 Å². The molecule has 0 aliphatic carbocycles. The molecule has 0 fully saturated rings. The summed E-state index contributed by atoms with van der Waals surface area (Å²) in [6.45, 7) is 17.7. The van der Waals surface area contributed by atoms with Crippen LogP contribution < -0.4 is 4.74 Å². The summed E-state index contributed by atoms with van der Waals surface area (Å²) in [5.74, 6) is 1.15. The zero-order valence-corrected chi connectivity index (χ0v) is 45.2. The van der Waals surface area contributed by atoms with Crippen LogP contribution >= 0.6 is 0 Å². The van der Waals surface area contributed by atoms with Gasteiger partial charge in [-0.2, -0.15) is 0 Å². The molecule has 0 saturated carbocycles. The molecule has 5 nitrogen and oxygen atoms in total. The molecular formula is C70H52N4OPd. The van der Waals surface area contributed by atoms with Gasteiger partial charge in [-0.05, 0) is 168 Å². The molecule has 0 N–H and O–H groups in total. The SMILES string of the molecule is Cc1cccc(C)c1-c1ccc(-c2c(C)cccc2C)c2c1c1ccc(Oc3[c-]c4c(cc3)c3c(-c5c(C)cccc5C)ccc(-c5c(C)cccc5C)c3n3c5ccccc5nc43)[c-]c1c1nc3ccccc3n12.[Pd+2]. The molecule has 4 heterocycles. The molecule has 0 aliphatic rings. The van der Waals surface area contributed by atoms with E-state index in [9.17, 15) is 0 Å². The number of imidazole rings is 2. The van der Waals surface area contributed by atoms with Gasteiger partial charge in [0.05, 0.1) is 33.4 Å². The molecule has 0 atom stereocenters. The molecule has 0 spiro atoms. The number of pyridine rings is 2. The fourth-order valence-electron chi connectivity index (χ4n) is 12.8. The Bertz CT molecular complexity index is 4400. The summed E-state index contributed by atoms with van der Waals surface area (Å²) in [5, 5.41) is 6.19. The van der Waals surface area contributed by atoms with Gasteiger partial charge >= 0.3 is 20.4 Å². The van der Waals surface area contributed by atoms with E-state index in [0.29, 0.717) is 11.5 Å². The number of aryl methyl sites for hydroxylation is 8. The van der Waals surface area contributed by atoms with Crippen molar-refractivity contribution in [3.63, 3.8) is 0 Å². The maximum Gasteiger partial charge on any atom is 2.00 e.